The molecule has 2 heterocycles. The summed E-state index contributed by atoms with van der Waals surface area (Å²) in [6.07, 6.45) is 11.9. The summed E-state index contributed by atoms with van der Waals surface area (Å²) in [5.41, 5.74) is 8.91. The van der Waals surface area contributed by atoms with Crippen molar-refractivity contribution in [2.24, 2.45) is 5.92 Å². The molecule has 0 N–H and O–H groups in total. The quantitative estimate of drug-likeness (QED) is 0.258. The van der Waals surface area contributed by atoms with Crippen LogP contribution in [0.15, 0.2) is 71.1 Å². The molecule has 1 aromatic carbocycles. The molecule has 2 unspecified atom stereocenters. The normalized spacial score (nSPS) is 20.5. The minimum absolute atomic E-state index is 0.00422. The second kappa shape index (κ2) is 11.5. The molecular weight excluding hydrogens is 532 g/mol. The number of hydrogen-bond acceptors (Lipinski definition) is 3. The zero-order valence-electron chi connectivity index (χ0n) is 23.1. The maximum atomic E-state index is 13.0. The average Bonchev–Trinajstić information content (AvgIpc) is 3.19. The summed E-state index contributed by atoms with van der Waals surface area (Å²) in [5.74, 6) is 0.869. The number of aromatic nitrogens is 2. The number of rotatable bonds is 8. The Bertz CT molecular complexity index is 1470. The van der Waals surface area contributed by atoms with Gasteiger partial charge in [0.05, 0.1) is 24.4 Å². The fourth-order valence-corrected chi connectivity index (χ4v) is 6.42. The Hall–Kier alpha value is -2.60. The minimum atomic E-state index is -0.475. The molecule has 5 rings (SSSR count). The van der Waals surface area contributed by atoms with Crippen molar-refractivity contribution in [3.63, 3.8) is 0 Å². The van der Waals surface area contributed by atoms with Crippen LogP contribution in [0, 0.1) is 5.92 Å². The van der Waals surface area contributed by atoms with Crippen LogP contribution in [0.5, 0.6) is 5.75 Å². The van der Waals surface area contributed by atoms with Gasteiger partial charge in [-0.1, -0.05) is 30.7 Å². The monoisotopic (exact) mass is 567 g/mol. The van der Waals surface area contributed by atoms with Gasteiger partial charge in [0.15, 0.2) is 0 Å². The molecule has 0 bridgehead atoms. The highest BCUT2D eigenvalue weighted by atomic mass is 35.5. The van der Waals surface area contributed by atoms with Crippen LogP contribution in [0.3, 0.4) is 0 Å². The average molecular weight is 569 g/mol. The van der Waals surface area contributed by atoms with Gasteiger partial charge in [-0.2, -0.15) is 0 Å². The standard InChI is InChI=1S/C32H36Cl2FN3O/c1-21(17-35)18-37(3)19-24-20-38-13-11-23(15-30(38)36-24)31-26-9-8-25(39-4)14-22(26)6-5-7-28(31)27-10-12-32(2,34)16-29(27)33/h8-11,13-16,20-21H,5-7,12,17-19H2,1-4H3. The Morgan fingerprint density at radius 1 is 1.23 bits per heavy atom. The van der Waals surface area contributed by atoms with E-state index in [4.69, 9.17) is 32.9 Å². The van der Waals surface area contributed by atoms with Crippen molar-refractivity contribution in [2.45, 2.75) is 50.9 Å². The minimum Gasteiger partial charge on any atom is -0.497 e. The van der Waals surface area contributed by atoms with Crippen LogP contribution in [0.2, 0.25) is 0 Å². The van der Waals surface area contributed by atoms with Gasteiger partial charge in [0.2, 0.25) is 0 Å². The number of halogens is 3. The number of imidazole rings is 1. The van der Waals surface area contributed by atoms with Gasteiger partial charge < -0.3 is 14.0 Å². The summed E-state index contributed by atoms with van der Waals surface area (Å²) >= 11 is 13.5. The van der Waals surface area contributed by atoms with Crippen molar-refractivity contribution in [3.8, 4) is 5.75 Å². The van der Waals surface area contributed by atoms with Gasteiger partial charge in [0, 0.05) is 30.5 Å². The molecule has 0 amide bonds. The Morgan fingerprint density at radius 3 is 2.79 bits per heavy atom. The number of fused-ring (bicyclic) bond motifs is 2. The van der Waals surface area contributed by atoms with E-state index < -0.39 is 4.87 Å². The lowest BCUT2D eigenvalue weighted by atomic mass is 9.85. The number of ether oxygens (including phenoxy) is 1. The first-order chi connectivity index (χ1) is 18.7. The second-order valence-corrected chi connectivity index (χ2v) is 12.5. The lowest BCUT2D eigenvalue weighted by Crippen LogP contribution is -2.25. The van der Waals surface area contributed by atoms with Crippen molar-refractivity contribution >= 4 is 34.4 Å². The lowest BCUT2D eigenvalue weighted by Gasteiger charge is -2.25. The number of allylic oxidation sites excluding steroid dienone is 5. The number of nitrogens with zero attached hydrogens (tertiary/aromatic N) is 3. The maximum absolute atomic E-state index is 13.0. The summed E-state index contributed by atoms with van der Waals surface area (Å²) in [6.45, 7) is 4.96. The van der Waals surface area contributed by atoms with Crippen molar-refractivity contribution in [1.82, 2.24) is 14.3 Å². The highest BCUT2D eigenvalue weighted by molar-refractivity contribution is 6.34. The van der Waals surface area contributed by atoms with E-state index in [1.165, 1.54) is 22.3 Å². The predicted octanol–water partition coefficient (Wildman–Crippen LogP) is 7.97. The fourth-order valence-electron chi connectivity index (χ4n) is 5.75. The summed E-state index contributed by atoms with van der Waals surface area (Å²) in [6, 6.07) is 10.7. The Morgan fingerprint density at radius 2 is 2.05 bits per heavy atom. The number of alkyl halides is 2. The Kier molecular flexibility index (Phi) is 8.23. The molecule has 2 atom stereocenters. The largest absolute Gasteiger partial charge is 0.497 e. The molecule has 0 aliphatic heterocycles. The summed E-state index contributed by atoms with van der Waals surface area (Å²) in [4.78, 5) is 6.58. The Labute approximate surface area is 240 Å². The van der Waals surface area contributed by atoms with Gasteiger partial charge in [0.25, 0.3) is 0 Å². The molecule has 4 nitrogen and oxygen atoms in total. The van der Waals surface area contributed by atoms with Gasteiger partial charge in [-0.3, -0.25) is 4.39 Å². The molecule has 0 spiro atoms. The van der Waals surface area contributed by atoms with Gasteiger partial charge in [-0.05, 0) is 109 Å². The first kappa shape index (κ1) is 27.9. The van der Waals surface area contributed by atoms with Crippen LogP contribution in [0.25, 0.3) is 11.2 Å². The van der Waals surface area contributed by atoms with Gasteiger partial charge in [-0.15, -0.1) is 11.6 Å². The second-order valence-electron chi connectivity index (χ2n) is 11.2. The summed E-state index contributed by atoms with van der Waals surface area (Å²) in [7, 11) is 3.72. The first-order valence-corrected chi connectivity index (χ1v) is 14.3. The lowest BCUT2D eigenvalue weighted by molar-refractivity contribution is 0.245. The predicted molar refractivity (Wildman–Crippen MR) is 160 cm³/mol. The van der Waals surface area contributed by atoms with Crippen molar-refractivity contribution in [3.05, 3.63) is 93.4 Å². The third-order valence-electron chi connectivity index (χ3n) is 7.59. The molecule has 39 heavy (non-hydrogen) atoms. The van der Waals surface area contributed by atoms with E-state index in [1.807, 2.05) is 33.0 Å². The van der Waals surface area contributed by atoms with Crippen LogP contribution >= 0.6 is 23.2 Å². The topological polar surface area (TPSA) is 29.8 Å². The molecule has 0 saturated carbocycles. The summed E-state index contributed by atoms with van der Waals surface area (Å²) in [5, 5.41) is 0.706. The zero-order chi connectivity index (χ0) is 27.7. The van der Waals surface area contributed by atoms with Gasteiger partial charge >= 0.3 is 0 Å². The molecule has 2 aromatic heterocycles. The first-order valence-electron chi connectivity index (χ1n) is 13.6. The molecule has 7 heteroatoms. The van der Waals surface area contributed by atoms with Crippen molar-refractivity contribution < 1.29 is 9.13 Å². The van der Waals surface area contributed by atoms with Crippen molar-refractivity contribution in [1.29, 1.82) is 0 Å². The zero-order valence-corrected chi connectivity index (χ0v) is 24.6. The Balaban J connectivity index is 1.61. The van der Waals surface area contributed by atoms with Crippen LogP contribution in [0.1, 0.15) is 55.5 Å². The van der Waals surface area contributed by atoms with E-state index in [1.54, 1.807) is 7.11 Å². The molecule has 0 fully saturated rings. The highest BCUT2D eigenvalue weighted by Gasteiger charge is 2.28. The van der Waals surface area contributed by atoms with E-state index in [9.17, 15) is 4.39 Å². The number of methoxy groups -OCH3 is 1. The summed E-state index contributed by atoms with van der Waals surface area (Å²) < 4.78 is 20.6. The van der Waals surface area contributed by atoms with Crippen molar-refractivity contribution in [2.75, 3.05) is 27.4 Å². The molecule has 0 radical (unpaired) electrons. The van der Waals surface area contributed by atoms with Gasteiger partial charge in [0.1, 0.15) is 11.4 Å². The molecule has 3 aromatic rings. The van der Waals surface area contributed by atoms with Gasteiger partial charge in [-0.25, -0.2) is 4.98 Å². The SMILES string of the molecule is COc1ccc2c(c1)CCCC(C1=CCC(C)(Cl)C=C1Cl)=C2c1ccn2cc(CN(C)CC(C)CF)nc2c1. The molecule has 206 valence electrons. The van der Waals surface area contributed by atoms with E-state index >= 15 is 0 Å². The molecule has 2 aliphatic rings. The third-order valence-corrected chi connectivity index (χ3v) is 8.17. The number of pyridine rings is 1. The smallest absolute Gasteiger partial charge is 0.137 e. The highest BCUT2D eigenvalue weighted by Crippen LogP contribution is 2.44. The van der Waals surface area contributed by atoms with Crippen LogP contribution in [-0.2, 0) is 13.0 Å². The molecular formula is C32H36Cl2FN3O. The number of aryl methyl sites for hydroxylation is 1. The van der Waals surface area contributed by atoms with E-state index in [0.717, 1.165) is 53.9 Å². The third kappa shape index (κ3) is 6.11. The molecule has 0 saturated heterocycles. The number of benzene rings is 1. The van der Waals surface area contributed by atoms with Crippen LogP contribution < -0.4 is 4.74 Å². The van der Waals surface area contributed by atoms with E-state index in [-0.39, 0.29) is 12.6 Å². The van der Waals surface area contributed by atoms with E-state index in [2.05, 4.69) is 52.0 Å². The fraction of sp³-hybridized carbons (Fsp3) is 0.406. The van der Waals surface area contributed by atoms with E-state index in [0.29, 0.717) is 18.1 Å². The van der Waals surface area contributed by atoms with Crippen LogP contribution in [-0.4, -0.2) is 46.5 Å². The molecule has 2 aliphatic carbocycles. The maximum Gasteiger partial charge on any atom is 0.137 e. The van der Waals surface area contributed by atoms with Crippen LogP contribution in [0.4, 0.5) is 4.39 Å². The number of hydrogen-bond donors (Lipinski definition) is 0.